The molecule has 2 N–H and O–H groups in total. The normalized spacial score (nSPS) is 11.7. The molecule has 1 atom stereocenters. The molecule has 0 fully saturated rings. The molecule has 3 heterocycles. The molecule has 0 bridgehead atoms. The lowest BCUT2D eigenvalue weighted by Gasteiger charge is -2.21. The van der Waals surface area contributed by atoms with Crippen molar-refractivity contribution >= 4 is 28.1 Å². The summed E-state index contributed by atoms with van der Waals surface area (Å²) < 4.78 is 0. The molecule has 6 heteroatoms. The van der Waals surface area contributed by atoms with Crippen molar-refractivity contribution < 1.29 is 4.79 Å². The van der Waals surface area contributed by atoms with Crippen LogP contribution in [0.5, 0.6) is 0 Å². The van der Waals surface area contributed by atoms with Crippen LogP contribution in [0.2, 0.25) is 0 Å². The number of nitrogens with one attached hydrogen (secondary N) is 2. The lowest BCUT2D eigenvalue weighted by molar-refractivity contribution is 0.102. The van der Waals surface area contributed by atoms with Crippen molar-refractivity contribution in [3.05, 3.63) is 106 Å². The maximum absolute atomic E-state index is 12.9. The van der Waals surface area contributed by atoms with Crippen LogP contribution in [0, 0.1) is 6.92 Å². The Hall–Kier alpha value is -3.51. The van der Waals surface area contributed by atoms with Gasteiger partial charge in [-0.15, -0.1) is 11.3 Å². The van der Waals surface area contributed by atoms with Gasteiger partial charge in [-0.25, -0.2) is 4.98 Å². The maximum atomic E-state index is 12.9. The quantitative estimate of drug-likeness (QED) is 0.387. The van der Waals surface area contributed by atoms with Crippen LogP contribution < -0.4 is 10.6 Å². The van der Waals surface area contributed by atoms with Gasteiger partial charge in [0.05, 0.1) is 6.04 Å². The maximum Gasteiger partial charge on any atom is 0.256 e. The smallest absolute Gasteiger partial charge is 0.256 e. The van der Waals surface area contributed by atoms with E-state index in [-0.39, 0.29) is 11.9 Å². The van der Waals surface area contributed by atoms with Gasteiger partial charge in [-0.05, 0) is 55.3 Å². The van der Waals surface area contributed by atoms with E-state index in [1.165, 1.54) is 4.88 Å². The molecular weight excluding hydrogens is 404 g/mol. The summed E-state index contributed by atoms with van der Waals surface area (Å²) in [6.45, 7) is 4.09. The van der Waals surface area contributed by atoms with Gasteiger partial charge in [-0.2, -0.15) is 0 Å². The summed E-state index contributed by atoms with van der Waals surface area (Å²) in [5, 5.41) is 7.51. The second kappa shape index (κ2) is 9.53. The van der Waals surface area contributed by atoms with E-state index in [4.69, 9.17) is 0 Å². The minimum atomic E-state index is -0.203. The minimum absolute atomic E-state index is 0.120. The molecule has 0 radical (unpaired) electrons. The average molecular weight is 429 g/mol. The Morgan fingerprint density at radius 2 is 1.90 bits per heavy atom. The predicted molar refractivity (Wildman–Crippen MR) is 127 cm³/mol. The highest BCUT2D eigenvalue weighted by atomic mass is 32.1. The molecule has 4 rings (SSSR count). The van der Waals surface area contributed by atoms with E-state index in [0.717, 1.165) is 34.1 Å². The third-order valence-electron chi connectivity index (χ3n) is 4.93. The van der Waals surface area contributed by atoms with Gasteiger partial charge in [0.15, 0.2) is 0 Å². The van der Waals surface area contributed by atoms with Crippen LogP contribution in [-0.4, -0.2) is 15.9 Å². The summed E-state index contributed by atoms with van der Waals surface area (Å²) in [5.41, 5.74) is 3.57. The number of anilines is 2. The molecule has 1 aromatic carbocycles. The van der Waals surface area contributed by atoms with Crippen LogP contribution in [-0.2, 0) is 6.42 Å². The van der Waals surface area contributed by atoms with Gasteiger partial charge < -0.3 is 10.6 Å². The van der Waals surface area contributed by atoms with Crippen LogP contribution in [0.3, 0.4) is 0 Å². The van der Waals surface area contributed by atoms with Crippen molar-refractivity contribution in [2.24, 2.45) is 0 Å². The largest absolute Gasteiger partial charge is 0.359 e. The Bertz CT molecular complexity index is 1160. The highest BCUT2D eigenvalue weighted by molar-refractivity contribution is 7.16. The van der Waals surface area contributed by atoms with Gasteiger partial charge >= 0.3 is 0 Å². The first-order chi connectivity index (χ1) is 15.1. The number of aryl methyl sites for hydroxylation is 2. The second-order valence-electron chi connectivity index (χ2n) is 7.20. The molecular formula is C25H24N4OS. The number of hydrogen-bond donors (Lipinski definition) is 2. The van der Waals surface area contributed by atoms with Crippen molar-refractivity contribution in [1.29, 1.82) is 0 Å². The van der Waals surface area contributed by atoms with E-state index in [1.807, 2.05) is 73.8 Å². The Labute approximate surface area is 186 Å². The lowest BCUT2D eigenvalue weighted by atomic mass is 10.0. The van der Waals surface area contributed by atoms with E-state index >= 15 is 0 Å². The fraction of sp³-hybridized carbons (Fsp3) is 0.160. The number of benzene rings is 1. The molecule has 3 aromatic heterocycles. The third-order valence-corrected chi connectivity index (χ3v) is 6.14. The SMILES string of the molecule is CCc1cc([C@@H](Nc2cccc(C)n2)c2cccnc2)c(NC(=O)c2ccccc2)s1. The molecule has 0 spiro atoms. The summed E-state index contributed by atoms with van der Waals surface area (Å²) >= 11 is 1.61. The predicted octanol–water partition coefficient (Wildman–Crippen LogP) is 5.86. The molecule has 4 aromatic rings. The Kier molecular flexibility index (Phi) is 6.38. The average Bonchev–Trinajstić information content (AvgIpc) is 3.21. The number of rotatable bonds is 7. The molecule has 0 unspecified atom stereocenters. The lowest BCUT2D eigenvalue weighted by Crippen LogP contribution is -2.17. The summed E-state index contributed by atoms with van der Waals surface area (Å²) in [7, 11) is 0. The first-order valence-corrected chi connectivity index (χ1v) is 11.0. The van der Waals surface area contributed by atoms with Crippen LogP contribution >= 0.6 is 11.3 Å². The van der Waals surface area contributed by atoms with Gasteiger partial charge in [0.2, 0.25) is 0 Å². The molecule has 0 saturated carbocycles. The summed E-state index contributed by atoms with van der Waals surface area (Å²) in [4.78, 5) is 23.0. The number of amides is 1. The number of aromatic nitrogens is 2. The molecule has 0 aliphatic heterocycles. The van der Waals surface area contributed by atoms with Gasteiger partial charge in [-0.3, -0.25) is 9.78 Å². The van der Waals surface area contributed by atoms with Crippen LogP contribution in [0.15, 0.2) is 79.1 Å². The highest BCUT2D eigenvalue weighted by Crippen LogP contribution is 2.38. The van der Waals surface area contributed by atoms with Gasteiger partial charge in [0, 0.05) is 34.1 Å². The van der Waals surface area contributed by atoms with Crippen LogP contribution in [0.1, 0.15) is 45.0 Å². The molecule has 0 aliphatic carbocycles. The number of thiophene rings is 1. The zero-order valence-electron chi connectivity index (χ0n) is 17.5. The number of pyridine rings is 2. The summed E-state index contributed by atoms with van der Waals surface area (Å²) in [5.74, 6) is 0.656. The fourth-order valence-electron chi connectivity index (χ4n) is 3.37. The second-order valence-corrected chi connectivity index (χ2v) is 8.34. The van der Waals surface area contributed by atoms with E-state index in [9.17, 15) is 4.79 Å². The molecule has 156 valence electrons. The van der Waals surface area contributed by atoms with Gasteiger partial charge in [-0.1, -0.05) is 37.3 Å². The Morgan fingerprint density at radius 1 is 1.06 bits per heavy atom. The van der Waals surface area contributed by atoms with E-state index < -0.39 is 0 Å². The van der Waals surface area contributed by atoms with Crippen molar-refractivity contribution in [2.75, 3.05) is 10.6 Å². The fourth-order valence-corrected chi connectivity index (χ4v) is 4.40. The molecule has 31 heavy (non-hydrogen) atoms. The topological polar surface area (TPSA) is 66.9 Å². The first-order valence-electron chi connectivity index (χ1n) is 10.2. The van der Waals surface area contributed by atoms with E-state index in [1.54, 1.807) is 17.5 Å². The van der Waals surface area contributed by atoms with Gasteiger partial charge in [0.1, 0.15) is 10.8 Å². The van der Waals surface area contributed by atoms with Crippen molar-refractivity contribution in [2.45, 2.75) is 26.3 Å². The summed E-state index contributed by atoms with van der Waals surface area (Å²) in [6.07, 6.45) is 4.50. The number of hydrogen-bond acceptors (Lipinski definition) is 5. The molecule has 5 nitrogen and oxygen atoms in total. The van der Waals surface area contributed by atoms with Crippen molar-refractivity contribution in [3.8, 4) is 0 Å². The number of carbonyl (C=O) groups is 1. The molecule has 0 aliphatic rings. The Morgan fingerprint density at radius 3 is 2.61 bits per heavy atom. The van der Waals surface area contributed by atoms with Crippen molar-refractivity contribution in [1.82, 2.24) is 9.97 Å². The van der Waals surface area contributed by atoms with E-state index in [2.05, 4.69) is 33.6 Å². The minimum Gasteiger partial charge on any atom is -0.359 e. The molecule has 0 saturated heterocycles. The highest BCUT2D eigenvalue weighted by Gasteiger charge is 2.23. The standard InChI is InChI=1S/C25H24N4OS/c1-3-20-15-21(25(31-20)29-24(30)18-10-5-4-6-11-18)23(19-12-8-14-26-16-19)28-22-13-7-9-17(2)27-22/h4-16,23H,3H2,1-2H3,(H,27,28)(H,29,30)/t23-/m0/s1. The van der Waals surface area contributed by atoms with Crippen LogP contribution in [0.4, 0.5) is 10.8 Å². The first kappa shape index (κ1) is 20.8. The zero-order chi connectivity index (χ0) is 21.6. The van der Waals surface area contributed by atoms with Gasteiger partial charge in [0.25, 0.3) is 5.91 Å². The number of nitrogens with zero attached hydrogens (tertiary/aromatic N) is 2. The number of carbonyl (C=O) groups excluding carboxylic acids is 1. The van der Waals surface area contributed by atoms with E-state index in [0.29, 0.717) is 5.56 Å². The monoisotopic (exact) mass is 428 g/mol. The Balaban J connectivity index is 1.73. The third kappa shape index (κ3) is 4.98. The summed E-state index contributed by atoms with van der Waals surface area (Å²) in [6, 6.07) is 21.1. The molecule has 1 amide bonds. The van der Waals surface area contributed by atoms with Crippen molar-refractivity contribution in [3.63, 3.8) is 0 Å². The van der Waals surface area contributed by atoms with Crippen LogP contribution in [0.25, 0.3) is 0 Å². The zero-order valence-corrected chi connectivity index (χ0v) is 18.3.